The van der Waals surface area contributed by atoms with Crippen molar-refractivity contribution in [2.75, 3.05) is 0 Å². The first-order chi connectivity index (χ1) is 9.40. The van der Waals surface area contributed by atoms with Gasteiger partial charge in [0.25, 0.3) is 0 Å². The summed E-state index contributed by atoms with van der Waals surface area (Å²) in [5.74, 6) is 0.198. The Kier molecular flexibility index (Phi) is 6.57. The summed E-state index contributed by atoms with van der Waals surface area (Å²) < 4.78 is 38.5. The summed E-state index contributed by atoms with van der Waals surface area (Å²) in [6.45, 7) is 6.20. The molecule has 1 aromatic carbocycles. The van der Waals surface area contributed by atoms with Gasteiger partial charge in [0.2, 0.25) is 0 Å². The molecule has 0 radical (unpaired) electrons. The summed E-state index contributed by atoms with van der Waals surface area (Å²) in [6.07, 6.45) is 2.15. The Labute approximate surface area is 120 Å². The van der Waals surface area contributed by atoms with E-state index in [4.69, 9.17) is 0 Å². The minimum Gasteiger partial charge on any atom is -0.166 e. The molecule has 20 heavy (non-hydrogen) atoms. The van der Waals surface area contributed by atoms with Crippen molar-refractivity contribution in [3.8, 4) is 0 Å². The number of aryl methyl sites for hydroxylation is 1. The number of hydrogen-bond donors (Lipinski definition) is 0. The third-order valence-corrected chi connectivity index (χ3v) is 3.88. The van der Waals surface area contributed by atoms with Crippen molar-refractivity contribution in [3.05, 3.63) is 34.9 Å². The first kappa shape index (κ1) is 17.1. The molecule has 1 aromatic rings. The van der Waals surface area contributed by atoms with Gasteiger partial charge in [-0.3, -0.25) is 0 Å². The molecule has 0 aromatic heterocycles. The van der Waals surface area contributed by atoms with E-state index in [-0.39, 0.29) is 5.92 Å². The van der Waals surface area contributed by atoms with Gasteiger partial charge in [-0.05, 0) is 42.0 Å². The quantitative estimate of drug-likeness (QED) is 0.513. The fourth-order valence-electron chi connectivity index (χ4n) is 2.58. The van der Waals surface area contributed by atoms with Crippen LogP contribution in [0, 0.1) is 0 Å². The van der Waals surface area contributed by atoms with Crippen molar-refractivity contribution < 1.29 is 13.2 Å². The van der Waals surface area contributed by atoms with Gasteiger partial charge in [0.1, 0.15) is 0 Å². The molecule has 1 atom stereocenters. The third-order valence-electron chi connectivity index (χ3n) is 3.88. The fourth-order valence-corrected chi connectivity index (χ4v) is 2.58. The van der Waals surface area contributed by atoms with Crippen LogP contribution in [0.3, 0.4) is 0 Å². The number of rotatable bonds is 7. The van der Waals surface area contributed by atoms with E-state index in [1.165, 1.54) is 31.4 Å². The molecular formula is C17H25F3. The zero-order valence-corrected chi connectivity index (χ0v) is 12.7. The standard InChI is InChI=1S/C17H25F3/c1-4-6-7-8-9-13(3)16-12-15(17(18,19)20)11-10-14(16)5-2/h10-13H,4-9H2,1-3H3. The van der Waals surface area contributed by atoms with E-state index in [0.29, 0.717) is 0 Å². The van der Waals surface area contributed by atoms with Gasteiger partial charge in [0.05, 0.1) is 5.56 Å². The SMILES string of the molecule is CCCCCCC(C)c1cc(C(F)(F)F)ccc1CC. The largest absolute Gasteiger partial charge is 0.416 e. The number of unbranched alkanes of at least 4 members (excludes halogenated alkanes) is 3. The highest BCUT2D eigenvalue weighted by Crippen LogP contribution is 2.34. The van der Waals surface area contributed by atoms with Crippen LogP contribution in [0.2, 0.25) is 0 Å². The average Bonchev–Trinajstić information content (AvgIpc) is 2.41. The van der Waals surface area contributed by atoms with E-state index in [0.717, 1.165) is 30.4 Å². The maximum atomic E-state index is 12.8. The monoisotopic (exact) mass is 286 g/mol. The van der Waals surface area contributed by atoms with Crippen LogP contribution in [0.15, 0.2) is 18.2 Å². The molecule has 0 nitrogen and oxygen atoms in total. The van der Waals surface area contributed by atoms with E-state index < -0.39 is 11.7 Å². The van der Waals surface area contributed by atoms with Crippen molar-refractivity contribution in [2.45, 2.75) is 71.4 Å². The van der Waals surface area contributed by atoms with E-state index in [9.17, 15) is 13.2 Å². The maximum Gasteiger partial charge on any atom is 0.416 e. The molecule has 114 valence electrons. The Morgan fingerprint density at radius 1 is 1.05 bits per heavy atom. The van der Waals surface area contributed by atoms with Gasteiger partial charge in [0.15, 0.2) is 0 Å². The Balaban J connectivity index is 2.84. The predicted molar refractivity (Wildman–Crippen MR) is 78.0 cm³/mol. The highest BCUT2D eigenvalue weighted by molar-refractivity contribution is 5.35. The molecule has 1 unspecified atom stereocenters. The highest BCUT2D eigenvalue weighted by atomic mass is 19.4. The molecule has 1 rings (SSSR count). The minimum atomic E-state index is -4.25. The summed E-state index contributed by atoms with van der Waals surface area (Å²) in [5, 5.41) is 0. The molecule has 0 heterocycles. The second-order valence-electron chi connectivity index (χ2n) is 5.52. The summed E-state index contributed by atoms with van der Waals surface area (Å²) in [5.41, 5.74) is 1.39. The second kappa shape index (κ2) is 7.70. The number of hydrogen-bond acceptors (Lipinski definition) is 0. The average molecular weight is 286 g/mol. The first-order valence-corrected chi connectivity index (χ1v) is 7.60. The van der Waals surface area contributed by atoms with E-state index in [1.54, 1.807) is 6.07 Å². The Morgan fingerprint density at radius 2 is 1.75 bits per heavy atom. The van der Waals surface area contributed by atoms with Gasteiger partial charge >= 0.3 is 6.18 Å². The van der Waals surface area contributed by atoms with E-state index in [1.807, 2.05) is 13.8 Å². The van der Waals surface area contributed by atoms with Gasteiger partial charge in [-0.25, -0.2) is 0 Å². The van der Waals surface area contributed by atoms with Crippen molar-refractivity contribution in [2.24, 2.45) is 0 Å². The first-order valence-electron chi connectivity index (χ1n) is 7.60. The normalized spacial score (nSPS) is 13.5. The summed E-state index contributed by atoms with van der Waals surface area (Å²) in [4.78, 5) is 0. The molecule has 0 aliphatic rings. The van der Waals surface area contributed by atoms with Crippen molar-refractivity contribution in [1.29, 1.82) is 0 Å². The highest BCUT2D eigenvalue weighted by Gasteiger charge is 2.31. The van der Waals surface area contributed by atoms with E-state index in [2.05, 4.69) is 6.92 Å². The molecule has 0 aliphatic carbocycles. The third kappa shape index (κ3) is 4.84. The van der Waals surface area contributed by atoms with Crippen LogP contribution in [-0.2, 0) is 12.6 Å². The van der Waals surface area contributed by atoms with Crippen LogP contribution < -0.4 is 0 Å². The number of alkyl halides is 3. The van der Waals surface area contributed by atoms with Gasteiger partial charge < -0.3 is 0 Å². The number of benzene rings is 1. The zero-order valence-electron chi connectivity index (χ0n) is 12.7. The van der Waals surface area contributed by atoms with Crippen LogP contribution in [0.1, 0.15) is 75.5 Å². The lowest BCUT2D eigenvalue weighted by Gasteiger charge is -2.18. The molecule has 0 saturated heterocycles. The molecule has 0 bridgehead atoms. The molecule has 0 spiro atoms. The number of halogens is 3. The molecule has 3 heteroatoms. The molecule has 0 saturated carbocycles. The molecule has 0 N–H and O–H groups in total. The van der Waals surface area contributed by atoms with Crippen LogP contribution >= 0.6 is 0 Å². The Morgan fingerprint density at radius 3 is 2.30 bits per heavy atom. The Hall–Kier alpha value is -0.990. The lowest BCUT2D eigenvalue weighted by atomic mass is 9.89. The van der Waals surface area contributed by atoms with Gasteiger partial charge in [-0.15, -0.1) is 0 Å². The van der Waals surface area contributed by atoms with Crippen molar-refractivity contribution in [1.82, 2.24) is 0 Å². The van der Waals surface area contributed by atoms with Crippen LogP contribution in [0.25, 0.3) is 0 Å². The zero-order chi connectivity index (χ0) is 15.2. The molecule has 0 aliphatic heterocycles. The molecule has 0 amide bonds. The predicted octanol–water partition coefficient (Wildman–Crippen LogP) is 6.34. The van der Waals surface area contributed by atoms with Crippen LogP contribution in [-0.4, -0.2) is 0 Å². The van der Waals surface area contributed by atoms with Crippen molar-refractivity contribution >= 4 is 0 Å². The van der Waals surface area contributed by atoms with Gasteiger partial charge in [-0.2, -0.15) is 13.2 Å². The van der Waals surface area contributed by atoms with Gasteiger partial charge in [0, 0.05) is 0 Å². The summed E-state index contributed by atoms with van der Waals surface area (Å²) in [6, 6.07) is 4.19. The topological polar surface area (TPSA) is 0 Å². The second-order valence-corrected chi connectivity index (χ2v) is 5.52. The smallest absolute Gasteiger partial charge is 0.166 e. The molecule has 0 fully saturated rings. The Bertz CT molecular complexity index is 407. The van der Waals surface area contributed by atoms with Crippen molar-refractivity contribution in [3.63, 3.8) is 0 Å². The van der Waals surface area contributed by atoms with Gasteiger partial charge in [-0.1, -0.05) is 52.5 Å². The summed E-state index contributed by atoms with van der Waals surface area (Å²) in [7, 11) is 0. The van der Waals surface area contributed by atoms with Crippen LogP contribution in [0.5, 0.6) is 0 Å². The molecular weight excluding hydrogens is 261 g/mol. The minimum absolute atomic E-state index is 0.198. The fraction of sp³-hybridized carbons (Fsp3) is 0.647. The summed E-state index contributed by atoms with van der Waals surface area (Å²) >= 11 is 0. The van der Waals surface area contributed by atoms with Crippen LogP contribution in [0.4, 0.5) is 13.2 Å². The lowest BCUT2D eigenvalue weighted by Crippen LogP contribution is -2.08. The lowest BCUT2D eigenvalue weighted by molar-refractivity contribution is -0.137. The van der Waals surface area contributed by atoms with E-state index >= 15 is 0 Å². The maximum absolute atomic E-state index is 12.8.